The van der Waals surface area contributed by atoms with Crippen molar-refractivity contribution in [3.05, 3.63) is 29.8 Å². The van der Waals surface area contributed by atoms with Gasteiger partial charge >= 0.3 is 0 Å². The molecule has 1 unspecified atom stereocenters. The molecule has 4 nitrogen and oxygen atoms in total. The normalized spacial score (nSPS) is 31.2. The van der Waals surface area contributed by atoms with Crippen molar-refractivity contribution in [3.8, 4) is 5.75 Å². The van der Waals surface area contributed by atoms with Gasteiger partial charge in [-0.05, 0) is 31.0 Å². The SMILES string of the molecule is COc1ccc(CN2CC3C[C@@H](O)CN3C[C@@H]2C)cc1. The summed E-state index contributed by atoms with van der Waals surface area (Å²) in [5.41, 5.74) is 1.32. The van der Waals surface area contributed by atoms with Gasteiger partial charge in [-0.15, -0.1) is 0 Å². The first-order valence-electron chi connectivity index (χ1n) is 7.45. The standard InChI is InChI=1S/C16H24N2O2/c1-12-8-18-11-15(19)7-14(18)10-17(12)9-13-3-5-16(20-2)6-4-13/h3-6,12,14-15,19H,7-11H2,1-2H3/t12-,14?,15+/m0/s1. The van der Waals surface area contributed by atoms with Crippen LogP contribution in [0.5, 0.6) is 5.75 Å². The van der Waals surface area contributed by atoms with Crippen LogP contribution in [0.4, 0.5) is 0 Å². The number of piperazine rings is 1. The Bertz CT molecular complexity index is 448. The molecule has 0 aromatic heterocycles. The molecule has 2 heterocycles. The van der Waals surface area contributed by atoms with Crippen molar-refractivity contribution in [3.63, 3.8) is 0 Å². The molecule has 1 aromatic carbocycles. The highest BCUT2D eigenvalue weighted by Crippen LogP contribution is 2.26. The molecular weight excluding hydrogens is 252 g/mol. The lowest BCUT2D eigenvalue weighted by molar-refractivity contribution is 0.0528. The van der Waals surface area contributed by atoms with Gasteiger partial charge in [0.1, 0.15) is 5.75 Å². The minimum absolute atomic E-state index is 0.131. The fourth-order valence-electron chi connectivity index (χ4n) is 3.46. The second-order valence-corrected chi connectivity index (χ2v) is 6.12. The summed E-state index contributed by atoms with van der Waals surface area (Å²) in [6, 6.07) is 9.40. The predicted molar refractivity (Wildman–Crippen MR) is 78.9 cm³/mol. The zero-order chi connectivity index (χ0) is 14.1. The molecule has 0 bridgehead atoms. The minimum atomic E-state index is -0.131. The van der Waals surface area contributed by atoms with Crippen LogP contribution in [0.25, 0.3) is 0 Å². The van der Waals surface area contributed by atoms with Crippen LogP contribution in [-0.4, -0.2) is 59.8 Å². The first-order valence-corrected chi connectivity index (χ1v) is 7.45. The van der Waals surface area contributed by atoms with E-state index < -0.39 is 0 Å². The molecule has 2 fully saturated rings. The summed E-state index contributed by atoms with van der Waals surface area (Å²) >= 11 is 0. The Balaban J connectivity index is 1.64. The van der Waals surface area contributed by atoms with E-state index in [1.807, 2.05) is 12.1 Å². The van der Waals surface area contributed by atoms with Crippen LogP contribution in [0.2, 0.25) is 0 Å². The quantitative estimate of drug-likeness (QED) is 0.903. The third kappa shape index (κ3) is 2.82. The molecule has 2 aliphatic rings. The van der Waals surface area contributed by atoms with Crippen LogP contribution in [0, 0.1) is 0 Å². The Labute approximate surface area is 120 Å². The number of aliphatic hydroxyl groups is 1. The van der Waals surface area contributed by atoms with E-state index in [9.17, 15) is 5.11 Å². The number of fused-ring (bicyclic) bond motifs is 1. The van der Waals surface area contributed by atoms with Gasteiger partial charge in [0.15, 0.2) is 0 Å². The fraction of sp³-hybridized carbons (Fsp3) is 0.625. The molecule has 2 aliphatic heterocycles. The van der Waals surface area contributed by atoms with Crippen LogP contribution >= 0.6 is 0 Å². The second kappa shape index (κ2) is 5.72. The van der Waals surface area contributed by atoms with Crippen LogP contribution < -0.4 is 4.74 Å². The summed E-state index contributed by atoms with van der Waals surface area (Å²) in [6.45, 7) is 6.24. The number of hydrogen-bond donors (Lipinski definition) is 1. The maximum Gasteiger partial charge on any atom is 0.118 e. The molecule has 3 rings (SSSR count). The van der Waals surface area contributed by atoms with E-state index in [4.69, 9.17) is 4.74 Å². The highest BCUT2D eigenvalue weighted by molar-refractivity contribution is 5.27. The number of rotatable bonds is 3. The third-order valence-corrected chi connectivity index (χ3v) is 4.62. The number of ether oxygens (including phenoxy) is 1. The Morgan fingerprint density at radius 3 is 2.65 bits per heavy atom. The molecule has 0 saturated carbocycles. The molecule has 0 aliphatic carbocycles. The van der Waals surface area contributed by atoms with Crippen LogP contribution in [-0.2, 0) is 6.54 Å². The molecule has 2 saturated heterocycles. The Kier molecular flexibility index (Phi) is 3.96. The molecule has 3 atom stereocenters. The largest absolute Gasteiger partial charge is 0.497 e. The van der Waals surface area contributed by atoms with Crippen molar-refractivity contribution >= 4 is 0 Å². The van der Waals surface area contributed by atoms with Crippen molar-refractivity contribution in [1.29, 1.82) is 0 Å². The monoisotopic (exact) mass is 276 g/mol. The molecule has 0 radical (unpaired) electrons. The lowest BCUT2D eigenvalue weighted by Gasteiger charge is -2.42. The Morgan fingerprint density at radius 1 is 1.20 bits per heavy atom. The van der Waals surface area contributed by atoms with E-state index in [0.717, 1.165) is 38.3 Å². The van der Waals surface area contributed by atoms with Gasteiger partial charge in [-0.3, -0.25) is 9.80 Å². The molecule has 4 heteroatoms. The number of methoxy groups -OCH3 is 1. The van der Waals surface area contributed by atoms with Gasteiger partial charge in [-0.2, -0.15) is 0 Å². The van der Waals surface area contributed by atoms with Gasteiger partial charge < -0.3 is 9.84 Å². The summed E-state index contributed by atoms with van der Waals surface area (Å²) in [7, 11) is 1.70. The second-order valence-electron chi connectivity index (χ2n) is 6.12. The Morgan fingerprint density at radius 2 is 1.95 bits per heavy atom. The zero-order valence-electron chi connectivity index (χ0n) is 12.3. The fourth-order valence-corrected chi connectivity index (χ4v) is 3.46. The first kappa shape index (κ1) is 13.9. The maximum atomic E-state index is 9.81. The van der Waals surface area contributed by atoms with Gasteiger partial charge in [-0.25, -0.2) is 0 Å². The number of hydrogen-bond acceptors (Lipinski definition) is 4. The van der Waals surface area contributed by atoms with Gasteiger partial charge in [0, 0.05) is 38.3 Å². The van der Waals surface area contributed by atoms with Gasteiger partial charge in [0.2, 0.25) is 0 Å². The molecule has 1 N–H and O–H groups in total. The summed E-state index contributed by atoms with van der Waals surface area (Å²) in [5, 5.41) is 9.81. The van der Waals surface area contributed by atoms with Crippen LogP contribution in [0.15, 0.2) is 24.3 Å². The van der Waals surface area contributed by atoms with Crippen LogP contribution in [0.1, 0.15) is 18.9 Å². The van der Waals surface area contributed by atoms with Gasteiger partial charge in [-0.1, -0.05) is 12.1 Å². The summed E-state index contributed by atoms with van der Waals surface area (Å²) in [5.74, 6) is 0.908. The first-order chi connectivity index (χ1) is 9.65. The molecule has 20 heavy (non-hydrogen) atoms. The molecule has 0 spiro atoms. The van der Waals surface area contributed by atoms with E-state index in [0.29, 0.717) is 12.1 Å². The summed E-state index contributed by atoms with van der Waals surface area (Å²) < 4.78 is 5.20. The molecule has 0 amide bonds. The van der Waals surface area contributed by atoms with E-state index >= 15 is 0 Å². The third-order valence-electron chi connectivity index (χ3n) is 4.62. The van der Waals surface area contributed by atoms with Crippen molar-refractivity contribution < 1.29 is 9.84 Å². The number of benzene rings is 1. The topological polar surface area (TPSA) is 35.9 Å². The number of nitrogens with zero attached hydrogens (tertiary/aromatic N) is 2. The number of aliphatic hydroxyl groups excluding tert-OH is 1. The highest BCUT2D eigenvalue weighted by Gasteiger charge is 2.37. The maximum absolute atomic E-state index is 9.81. The lowest BCUT2D eigenvalue weighted by Crippen LogP contribution is -2.54. The van der Waals surface area contributed by atoms with E-state index in [-0.39, 0.29) is 6.10 Å². The molecule has 1 aromatic rings. The zero-order valence-corrected chi connectivity index (χ0v) is 12.3. The van der Waals surface area contributed by atoms with Crippen LogP contribution in [0.3, 0.4) is 0 Å². The van der Waals surface area contributed by atoms with Crippen molar-refractivity contribution in [2.75, 3.05) is 26.7 Å². The predicted octanol–water partition coefficient (Wildman–Crippen LogP) is 1.33. The van der Waals surface area contributed by atoms with Crippen molar-refractivity contribution in [2.24, 2.45) is 0 Å². The summed E-state index contributed by atoms with van der Waals surface area (Å²) in [4.78, 5) is 4.97. The molecule has 110 valence electrons. The van der Waals surface area contributed by atoms with Gasteiger partial charge in [0.05, 0.1) is 13.2 Å². The van der Waals surface area contributed by atoms with E-state index in [2.05, 4.69) is 28.9 Å². The average molecular weight is 276 g/mol. The minimum Gasteiger partial charge on any atom is -0.497 e. The van der Waals surface area contributed by atoms with Crippen molar-refractivity contribution in [1.82, 2.24) is 9.80 Å². The average Bonchev–Trinajstić information content (AvgIpc) is 2.79. The van der Waals surface area contributed by atoms with E-state index in [1.54, 1.807) is 7.11 Å². The van der Waals surface area contributed by atoms with Gasteiger partial charge in [0.25, 0.3) is 0 Å². The smallest absolute Gasteiger partial charge is 0.118 e. The van der Waals surface area contributed by atoms with Crippen molar-refractivity contribution in [2.45, 2.75) is 38.1 Å². The lowest BCUT2D eigenvalue weighted by atomic mass is 10.1. The summed E-state index contributed by atoms with van der Waals surface area (Å²) in [6.07, 6.45) is 0.791. The highest BCUT2D eigenvalue weighted by atomic mass is 16.5. The molecular formula is C16H24N2O2. The Hall–Kier alpha value is -1.10. The van der Waals surface area contributed by atoms with E-state index in [1.165, 1.54) is 5.56 Å².